The fourth-order valence-corrected chi connectivity index (χ4v) is 4.99. The van der Waals surface area contributed by atoms with E-state index in [2.05, 4.69) is 30.4 Å². The molecule has 4 rings (SSSR count). The van der Waals surface area contributed by atoms with Crippen LogP contribution in [0.4, 0.5) is 11.9 Å². The molecule has 0 atom stereocenters. The predicted octanol–water partition coefficient (Wildman–Crippen LogP) is 0.460. The van der Waals surface area contributed by atoms with E-state index in [1.54, 1.807) is 6.07 Å². The molecule has 2 aromatic rings. The van der Waals surface area contributed by atoms with Crippen LogP contribution < -0.4 is 20.3 Å². The van der Waals surface area contributed by atoms with Crippen molar-refractivity contribution >= 4 is 39.2 Å². The molecular weight excluding hydrogens is 404 g/mol. The van der Waals surface area contributed by atoms with Crippen LogP contribution in [0.5, 0.6) is 0 Å². The van der Waals surface area contributed by atoms with E-state index in [9.17, 15) is 8.42 Å². The predicted molar refractivity (Wildman–Crippen MR) is 109 cm³/mol. The molecule has 154 valence electrons. The quantitative estimate of drug-likeness (QED) is 0.555. The summed E-state index contributed by atoms with van der Waals surface area (Å²) in [6.07, 6.45) is 3.99. The van der Waals surface area contributed by atoms with E-state index in [0.717, 1.165) is 38.8 Å². The summed E-state index contributed by atoms with van der Waals surface area (Å²) in [4.78, 5) is 11.1. The molecule has 3 N–H and O–H groups in total. The maximum absolute atomic E-state index is 12.3. The molecule has 1 aliphatic heterocycles. The van der Waals surface area contributed by atoms with Crippen LogP contribution in [0.25, 0.3) is 5.65 Å². The Balaban J connectivity index is 1.45. The fraction of sp³-hybridized carbons (Fsp3) is 0.688. The lowest BCUT2D eigenvalue weighted by Crippen LogP contribution is -2.57. The third-order valence-corrected chi connectivity index (χ3v) is 6.83. The minimum absolute atomic E-state index is 0.0368. The molecule has 0 unspecified atom stereocenters. The molecule has 3 heterocycles. The first kappa shape index (κ1) is 19.6. The Labute approximate surface area is 169 Å². The smallest absolute Gasteiger partial charge is 0.230 e. The summed E-state index contributed by atoms with van der Waals surface area (Å²) in [5, 5.41) is 10.8. The highest BCUT2D eigenvalue weighted by molar-refractivity contribution is 7.89. The SMILES string of the molecule is CNC1CN(c2nc(NCCS(=O)(=O)NC3CCCC3)n3nc(Cl)cc3n2)C1. The molecule has 0 amide bonds. The van der Waals surface area contributed by atoms with E-state index in [1.807, 2.05) is 11.9 Å². The molecule has 1 saturated heterocycles. The first-order valence-corrected chi connectivity index (χ1v) is 11.6. The highest BCUT2D eigenvalue weighted by Gasteiger charge is 2.28. The Bertz CT molecular complexity index is 938. The molecule has 12 heteroatoms. The molecule has 0 spiro atoms. The molecule has 1 saturated carbocycles. The van der Waals surface area contributed by atoms with Gasteiger partial charge < -0.3 is 15.5 Å². The van der Waals surface area contributed by atoms with Crippen molar-refractivity contribution in [2.45, 2.75) is 37.8 Å². The molecule has 2 aromatic heterocycles. The zero-order chi connectivity index (χ0) is 19.7. The van der Waals surface area contributed by atoms with Crippen LogP contribution in [0.1, 0.15) is 25.7 Å². The fourth-order valence-electron chi connectivity index (χ4n) is 3.58. The zero-order valence-electron chi connectivity index (χ0n) is 15.7. The van der Waals surface area contributed by atoms with Gasteiger partial charge in [0.2, 0.25) is 21.9 Å². The number of nitrogens with zero attached hydrogens (tertiary/aromatic N) is 5. The highest BCUT2D eigenvalue weighted by atomic mass is 35.5. The third-order valence-electron chi connectivity index (χ3n) is 5.21. The van der Waals surface area contributed by atoms with Crippen molar-refractivity contribution in [3.8, 4) is 0 Å². The van der Waals surface area contributed by atoms with Gasteiger partial charge in [0, 0.05) is 37.8 Å². The first-order chi connectivity index (χ1) is 13.4. The van der Waals surface area contributed by atoms with Gasteiger partial charge in [0.1, 0.15) is 0 Å². The van der Waals surface area contributed by atoms with Gasteiger partial charge in [0.25, 0.3) is 0 Å². The lowest BCUT2D eigenvalue weighted by Gasteiger charge is -2.39. The number of halogens is 1. The molecule has 0 bridgehead atoms. The number of fused-ring (bicyclic) bond motifs is 1. The number of aromatic nitrogens is 4. The molecule has 1 aliphatic carbocycles. The van der Waals surface area contributed by atoms with Crippen molar-refractivity contribution in [3.05, 3.63) is 11.2 Å². The number of hydrogen-bond acceptors (Lipinski definition) is 8. The lowest BCUT2D eigenvalue weighted by atomic mass is 10.1. The zero-order valence-corrected chi connectivity index (χ0v) is 17.3. The Morgan fingerprint density at radius 3 is 2.68 bits per heavy atom. The normalized spacial score (nSPS) is 18.7. The topological polar surface area (TPSA) is 117 Å². The number of rotatable bonds is 8. The van der Waals surface area contributed by atoms with Crippen molar-refractivity contribution in [1.29, 1.82) is 0 Å². The van der Waals surface area contributed by atoms with Crippen molar-refractivity contribution in [1.82, 2.24) is 29.6 Å². The van der Waals surface area contributed by atoms with Gasteiger partial charge in [0.15, 0.2) is 10.8 Å². The number of sulfonamides is 1. The van der Waals surface area contributed by atoms with Gasteiger partial charge in [-0.3, -0.25) is 0 Å². The molecule has 2 aliphatic rings. The van der Waals surface area contributed by atoms with Crippen LogP contribution in [0, 0.1) is 0 Å². The van der Waals surface area contributed by atoms with Gasteiger partial charge >= 0.3 is 0 Å². The third kappa shape index (κ3) is 4.32. The van der Waals surface area contributed by atoms with Crippen LogP contribution in [0.3, 0.4) is 0 Å². The Morgan fingerprint density at radius 1 is 1.21 bits per heavy atom. The second kappa shape index (κ2) is 7.97. The summed E-state index contributed by atoms with van der Waals surface area (Å²) in [5.74, 6) is 0.964. The summed E-state index contributed by atoms with van der Waals surface area (Å²) in [6, 6.07) is 2.14. The average molecular weight is 429 g/mol. The van der Waals surface area contributed by atoms with E-state index < -0.39 is 10.0 Å². The van der Waals surface area contributed by atoms with Crippen molar-refractivity contribution in [2.75, 3.05) is 42.7 Å². The highest BCUT2D eigenvalue weighted by Crippen LogP contribution is 2.22. The first-order valence-electron chi connectivity index (χ1n) is 9.53. The number of hydrogen-bond donors (Lipinski definition) is 3. The minimum atomic E-state index is -3.34. The van der Waals surface area contributed by atoms with Crippen molar-refractivity contribution in [3.63, 3.8) is 0 Å². The van der Waals surface area contributed by atoms with Gasteiger partial charge in [-0.05, 0) is 19.9 Å². The molecule has 10 nitrogen and oxygen atoms in total. The molecule has 28 heavy (non-hydrogen) atoms. The van der Waals surface area contributed by atoms with E-state index >= 15 is 0 Å². The van der Waals surface area contributed by atoms with Crippen molar-refractivity contribution in [2.24, 2.45) is 0 Å². The summed E-state index contributed by atoms with van der Waals surface area (Å²) in [6.45, 7) is 1.84. The molecule has 0 aromatic carbocycles. The minimum Gasteiger partial charge on any atom is -0.353 e. The largest absolute Gasteiger partial charge is 0.353 e. The summed E-state index contributed by atoms with van der Waals surface area (Å²) in [5.41, 5.74) is 0.567. The molecule has 2 fully saturated rings. The van der Waals surface area contributed by atoms with Gasteiger partial charge in [-0.25, -0.2) is 13.1 Å². The van der Waals surface area contributed by atoms with Crippen LogP contribution >= 0.6 is 11.6 Å². The lowest BCUT2D eigenvalue weighted by molar-refractivity contribution is 0.443. The Hall–Kier alpha value is -1.69. The average Bonchev–Trinajstić information content (AvgIpc) is 3.22. The van der Waals surface area contributed by atoms with Crippen molar-refractivity contribution < 1.29 is 8.42 Å². The summed E-state index contributed by atoms with van der Waals surface area (Å²) in [7, 11) is -1.42. The Kier molecular flexibility index (Phi) is 5.59. The van der Waals surface area contributed by atoms with E-state index in [0.29, 0.717) is 28.7 Å². The standard InChI is InChI=1S/C16H25ClN8O2S/c1-18-12-9-24(10-12)16-20-14-8-13(17)22-25(14)15(21-16)19-6-7-28(26,27)23-11-4-2-3-5-11/h8,11-12,18,23H,2-7,9-10H2,1H3,(H,19,20,21). The Morgan fingerprint density at radius 2 is 1.96 bits per heavy atom. The summed E-state index contributed by atoms with van der Waals surface area (Å²) < 4.78 is 28.9. The number of likely N-dealkylation sites (N-methyl/N-ethyl adjacent to an activating group) is 1. The van der Waals surface area contributed by atoms with E-state index in [1.165, 1.54) is 4.52 Å². The van der Waals surface area contributed by atoms with E-state index in [-0.39, 0.29) is 18.3 Å². The molecular formula is C16H25ClN8O2S. The maximum atomic E-state index is 12.3. The van der Waals surface area contributed by atoms with E-state index in [4.69, 9.17) is 11.6 Å². The van der Waals surface area contributed by atoms with Gasteiger partial charge in [0.05, 0.1) is 5.75 Å². The van der Waals surface area contributed by atoms with Crippen LogP contribution in [0.2, 0.25) is 5.15 Å². The number of nitrogens with one attached hydrogen (secondary N) is 3. The van der Waals surface area contributed by atoms with Gasteiger partial charge in [-0.2, -0.15) is 19.6 Å². The van der Waals surface area contributed by atoms with Gasteiger partial charge in [-0.1, -0.05) is 24.4 Å². The molecule has 0 radical (unpaired) electrons. The van der Waals surface area contributed by atoms with Crippen LogP contribution in [-0.2, 0) is 10.0 Å². The number of anilines is 2. The second-order valence-corrected chi connectivity index (χ2v) is 9.58. The van der Waals surface area contributed by atoms with Gasteiger partial charge in [-0.15, -0.1) is 0 Å². The maximum Gasteiger partial charge on any atom is 0.230 e. The van der Waals surface area contributed by atoms with Crippen LogP contribution in [0.15, 0.2) is 6.07 Å². The summed E-state index contributed by atoms with van der Waals surface area (Å²) >= 11 is 6.03. The second-order valence-electron chi connectivity index (χ2n) is 7.32. The monoisotopic (exact) mass is 428 g/mol. The van der Waals surface area contributed by atoms with Crippen LogP contribution in [-0.4, -0.2) is 72.5 Å².